The fourth-order valence-corrected chi connectivity index (χ4v) is 4.61. The molecule has 29 heavy (non-hydrogen) atoms. The topological polar surface area (TPSA) is 75.3 Å². The Morgan fingerprint density at radius 3 is 2.79 bits per heavy atom. The zero-order chi connectivity index (χ0) is 20.5. The summed E-state index contributed by atoms with van der Waals surface area (Å²) in [5.74, 6) is 0.179. The number of halogens is 1. The average molecular weight is 431 g/mol. The molecule has 3 heterocycles. The molecule has 1 fully saturated rings. The number of thioether (sulfide) groups is 1. The molecule has 6 nitrogen and oxygen atoms in total. The first-order valence-electron chi connectivity index (χ1n) is 9.11. The van der Waals surface area contributed by atoms with E-state index in [1.807, 2.05) is 18.2 Å². The van der Waals surface area contributed by atoms with E-state index in [1.165, 1.54) is 11.8 Å². The smallest absolute Gasteiger partial charge is 0.338 e. The Bertz CT molecular complexity index is 1010. The Labute approximate surface area is 177 Å². The standard InChI is InChI=1S/C21H19ClN2O4S/c1-3-27-20(26)17-12(2)23-21-24(18(17)13-6-8-14(22)9-7-13)19(25)16(29-21)11-15-5-4-10-28-15/h4-11,18-19,25H,3H2,1-2H3/b16-11-. The lowest BCUT2D eigenvalue weighted by molar-refractivity contribution is -0.139. The Morgan fingerprint density at radius 2 is 2.14 bits per heavy atom. The van der Waals surface area contributed by atoms with Gasteiger partial charge in [-0.2, -0.15) is 0 Å². The molecule has 1 saturated heterocycles. The number of ether oxygens (including phenoxy) is 1. The molecule has 0 radical (unpaired) electrons. The molecule has 2 aliphatic rings. The van der Waals surface area contributed by atoms with Crippen LogP contribution in [0.5, 0.6) is 0 Å². The number of nitrogens with zero attached hydrogens (tertiary/aromatic N) is 2. The van der Waals surface area contributed by atoms with Gasteiger partial charge >= 0.3 is 5.97 Å². The summed E-state index contributed by atoms with van der Waals surface area (Å²) >= 11 is 7.40. The number of rotatable bonds is 4. The maximum atomic E-state index is 12.8. The van der Waals surface area contributed by atoms with Crippen LogP contribution in [0.25, 0.3) is 6.08 Å². The van der Waals surface area contributed by atoms with Crippen molar-refractivity contribution in [1.82, 2.24) is 4.90 Å². The van der Waals surface area contributed by atoms with Crippen molar-refractivity contribution < 1.29 is 19.1 Å². The second kappa shape index (κ2) is 8.10. The molecule has 2 aromatic rings. The van der Waals surface area contributed by atoms with Crippen molar-refractivity contribution in [2.24, 2.45) is 4.99 Å². The van der Waals surface area contributed by atoms with Crippen LogP contribution in [0.4, 0.5) is 0 Å². The molecule has 1 aromatic carbocycles. The molecular weight excluding hydrogens is 412 g/mol. The Balaban J connectivity index is 1.80. The number of amidine groups is 1. The van der Waals surface area contributed by atoms with Crippen molar-refractivity contribution in [3.05, 3.63) is 75.2 Å². The number of esters is 1. The van der Waals surface area contributed by atoms with E-state index in [-0.39, 0.29) is 6.61 Å². The van der Waals surface area contributed by atoms with Crippen LogP contribution in [0, 0.1) is 0 Å². The first-order chi connectivity index (χ1) is 14.0. The summed E-state index contributed by atoms with van der Waals surface area (Å²) in [7, 11) is 0. The number of fused-ring (bicyclic) bond motifs is 1. The SMILES string of the molecule is CCOC(=O)C1=C(C)N=C2S/C(=C\c3ccco3)C(O)N2C1c1ccc(Cl)cc1. The van der Waals surface area contributed by atoms with Crippen LogP contribution in [-0.4, -0.2) is 34.0 Å². The maximum Gasteiger partial charge on any atom is 0.338 e. The summed E-state index contributed by atoms with van der Waals surface area (Å²) < 4.78 is 10.7. The maximum absolute atomic E-state index is 12.8. The van der Waals surface area contributed by atoms with Gasteiger partial charge in [0.05, 0.1) is 30.2 Å². The van der Waals surface area contributed by atoms with Gasteiger partial charge in [-0.05, 0) is 49.8 Å². The highest BCUT2D eigenvalue weighted by Crippen LogP contribution is 2.47. The van der Waals surface area contributed by atoms with Gasteiger partial charge in [0, 0.05) is 9.93 Å². The third-order valence-electron chi connectivity index (χ3n) is 4.66. The van der Waals surface area contributed by atoms with Gasteiger partial charge < -0.3 is 19.2 Å². The number of aliphatic imine (C=N–C) groups is 1. The summed E-state index contributed by atoms with van der Waals surface area (Å²) in [4.78, 5) is 19.7. The highest BCUT2D eigenvalue weighted by atomic mass is 35.5. The van der Waals surface area contributed by atoms with E-state index in [1.54, 1.807) is 49.3 Å². The van der Waals surface area contributed by atoms with Crippen molar-refractivity contribution in [3.63, 3.8) is 0 Å². The van der Waals surface area contributed by atoms with E-state index in [2.05, 4.69) is 4.99 Å². The molecule has 4 rings (SSSR count). The van der Waals surface area contributed by atoms with Crippen molar-refractivity contribution in [2.45, 2.75) is 26.1 Å². The lowest BCUT2D eigenvalue weighted by atomic mass is 9.94. The molecule has 8 heteroatoms. The van der Waals surface area contributed by atoms with Gasteiger partial charge in [0.2, 0.25) is 0 Å². The van der Waals surface area contributed by atoms with Gasteiger partial charge in [0.25, 0.3) is 0 Å². The molecule has 0 amide bonds. The molecule has 1 N–H and O–H groups in total. The monoisotopic (exact) mass is 430 g/mol. The normalized spacial score (nSPS) is 22.7. The van der Waals surface area contributed by atoms with Crippen LogP contribution in [0.1, 0.15) is 31.2 Å². The molecule has 0 spiro atoms. The minimum absolute atomic E-state index is 0.250. The predicted molar refractivity (Wildman–Crippen MR) is 113 cm³/mol. The highest BCUT2D eigenvalue weighted by molar-refractivity contribution is 8.17. The molecule has 0 bridgehead atoms. The van der Waals surface area contributed by atoms with Gasteiger partial charge in [-0.3, -0.25) is 0 Å². The number of furan rings is 1. The van der Waals surface area contributed by atoms with E-state index < -0.39 is 18.2 Å². The minimum Gasteiger partial charge on any atom is -0.465 e. The number of aliphatic hydroxyl groups is 1. The Kier molecular flexibility index (Phi) is 5.54. The lowest BCUT2D eigenvalue weighted by Gasteiger charge is -2.36. The van der Waals surface area contributed by atoms with Crippen LogP contribution in [-0.2, 0) is 9.53 Å². The van der Waals surface area contributed by atoms with Crippen LogP contribution in [0.2, 0.25) is 5.02 Å². The van der Waals surface area contributed by atoms with Crippen molar-refractivity contribution >= 4 is 40.6 Å². The average Bonchev–Trinajstić information content (AvgIpc) is 3.30. The van der Waals surface area contributed by atoms with Gasteiger partial charge in [-0.15, -0.1) is 0 Å². The molecule has 2 unspecified atom stereocenters. The van der Waals surface area contributed by atoms with E-state index in [0.717, 1.165) is 5.56 Å². The number of carbonyl (C=O) groups excluding carboxylic acids is 1. The first kappa shape index (κ1) is 19.8. The number of benzene rings is 1. The van der Waals surface area contributed by atoms with Crippen LogP contribution >= 0.6 is 23.4 Å². The summed E-state index contributed by atoms with van der Waals surface area (Å²) in [5.41, 5.74) is 1.77. The number of carbonyl (C=O) groups is 1. The van der Waals surface area contributed by atoms with Crippen molar-refractivity contribution in [1.29, 1.82) is 0 Å². The van der Waals surface area contributed by atoms with Gasteiger partial charge in [-0.25, -0.2) is 9.79 Å². The van der Waals surface area contributed by atoms with E-state index in [4.69, 9.17) is 20.8 Å². The summed E-state index contributed by atoms with van der Waals surface area (Å²) in [6.45, 7) is 3.79. The first-order valence-corrected chi connectivity index (χ1v) is 10.3. The van der Waals surface area contributed by atoms with Crippen molar-refractivity contribution in [3.8, 4) is 0 Å². The molecule has 2 aliphatic heterocycles. The number of hydrogen-bond acceptors (Lipinski definition) is 7. The van der Waals surface area contributed by atoms with E-state index in [9.17, 15) is 9.90 Å². The zero-order valence-electron chi connectivity index (χ0n) is 15.8. The second-order valence-electron chi connectivity index (χ2n) is 6.51. The van der Waals surface area contributed by atoms with Crippen molar-refractivity contribution in [2.75, 3.05) is 6.61 Å². The summed E-state index contributed by atoms with van der Waals surface area (Å²) in [6, 6.07) is 10.2. The Morgan fingerprint density at radius 1 is 1.38 bits per heavy atom. The van der Waals surface area contributed by atoms with Crippen LogP contribution < -0.4 is 0 Å². The number of allylic oxidation sites excluding steroid dienone is 1. The van der Waals surface area contributed by atoms with Crippen LogP contribution in [0.15, 0.2) is 68.2 Å². The molecule has 1 aromatic heterocycles. The second-order valence-corrected chi connectivity index (χ2v) is 7.99. The van der Waals surface area contributed by atoms with Crippen LogP contribution in [0.3, 0.4) is 0 Å². The zero-order valence-corrected chi connectivity index (χ0v) is 17.4. The quantitative estimate of drug-likeness (QED) is 0.715. The van der Waals surface area contributed by atoms with Gasteiger partial charge in [0.15, 0.2) is 11.4 Å². The summed E-state index contributed by atoms with van der Waals surface area (Å²) in [6.07, 6.45) is 2.36. The number of aliphatic hydroxyl groups excluding tert-OH is 1. The molecule has 150 valence electrons. The largest absolute Gasteiger partial charge is 0.465 e. The predicted octanol–water partition coefficient (Wildman–Crippen LogP) is 4.59. The van der Waals surface area contributed by atoms with Gasteiger partial charge in [-0.1, -0.05) is 35.5 Å². The summed E-state index contributed by atoms with van der Waals surface area (Å²) in [5, 5.41) is 12.3. The fraction of sp³-hybridized carbons (Fsp3) is 0.238. The highest BCUT2D eigenvalue weighted by Gasteiger charge is 2.45. The molecule has 2 atom stereocenters. The molecular formula is C21H19ClN2O4S. The van der Waals surface area contributed by atoms with E-state index in [0.29, 0.717) is 32.1 Å². The molecule has 0 aliphatic carbocycles. The minimum atomic E-state index is -0.984. The third kappa shape index (κ3) is 3.73. The van der Waals surface area contributed by atoms with Gasteiger partial charge in [0.1, 0.15) is 5.76 Å². The molecule has 0 saturated carbocycles. The third-order valence-corrected chi connectivity index (χ3v) is 5.96. The Hall–Kier alpha value is -2.48. The lowest BCUT2D eigenvalue weighted by Crippen LogP contribution is -2.41. The number of hydrogen-bond donors (Lipinski definition) is 1. The van der Waals surface area contributed by atoms with E-state index >= 15 is 0 Å². The fourth-order valence-electron chi connectivity index (χ4n) is 3.38.